The molecule has 0 bridgehead atoms. The van der Waals surface area contributed by atoms with Crippen molar-refractivity contribution in [1.29, 1.82) is 0 Å². The van der Waals surface area contributed by atoms with E-state index in [1.54, 1.807) is 17.4 Å². The molecular formula is C29H30Br2N2O2S. The van der Waals surface area contributed by atoms with Crippen LogP contribution in [0.1, 0.15) is 63.2 Å². The van der Waals surface area contributed by atoms with Gasteiger partial charge >= 0.3 is 0 Å². The Hall–Kier alpha value is -2.22. The predicted octanol–water partition coefficient (Wildman–Crippen LogP) is 9.12. The second-order valence-corrected chi connectivity index (χ2v) is 11.9. The van der Waals surface area contributed by atoms with E-state index in [1.165, 1.54) is 23.3 Å². The number of halogens is 2. The maximum Gasteiger partial charge on any atom is 0.259 e. The highest BCUT2D eigenvalue weighted by atomic mass is 79.9. The van der Waals surface area contributed by atoms with E-state index in [0.29, 0.717) is 6.61 Å². The van der Waals surface area contributed by atoms with Crippen LogP contribution in [0, 0.1) is 13.8 Å². The van der Waals surface area contributed by atoms with Gasteiger partial charge in [-0.1, -0.05) is 31.6 Å². The van der Waals surface area contributed by atoms with Crippen molar-refractivity contribution in [2.45, 2.75) is 52.4 Å². The number of ether oxygens (including phenoxy) is 1. The third kappa shape index (κ3) is 6.55. The van der Waals surface area contributed by atoms with Crippen LogP contribution in [0.2, 0.25) is 0 Å². The van der Waals surface area contributed by atoms with Gasteiger partial charge in [0, 0.05) is 16.8 Å². The summed E-state index contributed by atoms with van der Waals surface area (Å²) < 4.78 is 7.38. The molecule has 1 N–H and O–H groups in total. The van der Waals surface area contributed by atoms with Crippen molar-refractivity contribution >= 4 is 66.0 Å². The first kappa shape index (κ1) is 26.8. The summed E-state index contributed by atoms with van der Waals surface area (Å²) in [5.74, 6) is 0.639. The fourth-order valence-electron chi connectivity index (χ4n) is 4.54. The van der Waals surface area contributed by atoms with Gasteiger partial charge in [-0.05, 0) is 118 Å². The van der Waals surface area contributed by atoms with E-state index >= 15 is 0 Å². The first-order valence-corrected chi connectivity index (χ1v) is 14.6. The van der Waals surface area contributed by atoms with Gasteiger partial charge in [-0.15, -0.1) is 11.3 Å². The highest BCUT2D eigenvalue weighted by molar-refractivity contribution is 9.11. The number of anilines is 1. The predicted molar refractivity (Wildman–Crippen MR) is 159 cm³/mol. The van der Waals surface area contributed by atoms with Crippen molar-refractivity contribution in [3.05, 3.63) is 84.6 Å². The molecule has 0 fully saturated rings. The summed E-state index contributed by atoms with van der Waals surface area (Å²) in [5, 5.41) is 3.92. The average molecular weight is 630 g/mol. The lowest BCUT2D eigenvalue weighted by Crippen LogP contribution is -2.14. The molecule has 36 heavy (non-hydrogen) atoms. The summed E-state index contributed by atoms with van der Waals surface area (Å²) in [6.45, 7) is 8.21. The van der Waals surface area contributed by atoms with E-state index < -0.39 is 0 Å². The lowest BCUT2D eigenvalue weighted by atomic mass is 9.96. The topological polar surface area (TPSA) is 50.7 Å². The molecule has 7 heteroatoms. The summed E-state index contributed by atoms with van der Waals surface area (Å²) in [6, 6.07) is 10.1. The average Bonchev–Trinajstić information content (AvgIpc) is 3.13. The fraction of sp³-hybridized carbons (Fsp3) is 0.310. The van der Waals surface area contributed by atoms with E-state index in [1.807, 2.05) is 44.3 Å². The number of hydrogen-bond donors (Lipinski definition) is 1. The minimum atomic E-state index is -0.0826. The van der Waals surface area contributed by atoms with Gasteiger partial charge in [-0.3, -0.25) is 4.79 Å². The SMILES string of the molecule is C=CCOc1c(Br)cc(C=Nc2sc3c(c2C(=O)Nc2cc(C)cc(C)c2)CCCCCC3)cc1Br. The smallest absolute Gasteiger partial charge is 0.259 e. The van der Waals surface area contributed by atoms with E-state index in [0.717, 1.165) is 73.3 Å². The van der Waals surface area contributed by atoms with Crippen LogP contribution in [0.4, 0.5) is 10.7 Å². The van der Waals surface area contributed by atoms with Crippen LogP contribution in [0.15, 0.2) is 56.9 Å². The monoisotopic (exact) mass is 628 g/mol. The van der Waals surface area contributed by atoms with Crippen molar-refractivity contribution in [3.8, 4) is 5.75 Å². The maximum absolute atomic E-state index is 13.6. The van der Waals surface area contributed by atoms with Crippen LogP contribution in [-0.4, -0.2) is 18.7 Å². The van der Waals surface area contributed by atoms with Gasteiger partial charge in [0.05, 0.1) is 14.5 Å². The Morgan fingerprint density at radius 2 is 1.72 bits per heavy atom. The minimum absolute atomic E-state index is 0.0826. The van der Waals surface area contributed by atoms with Gasteiger partial charge in [0.2, 0.25) is 0 Å². The molecule has 0 saturated heterocycles. The van der Waals surface area contributed by atoms with E-state index in [9.17, 15) is 4.79 Å². The molecule has 3 aromatic rings. The third-order valence-corrected chi connectivity index (χ3v) is 8.43. The van der Waals surface area contributed by atoms with Gasteiger partial charge in [0.25, 0.3) is 5.91 Å². The molecule has 4 rings (SSSR count). The van der Waals surface area contributed by atoms with Gasteiger partial charge < -0.3 is 10.1 Å². The van der Waals surface area contributed by atoms with Crippen molar-refractivity contribution in [2.75, 3.05) is 11.9 Å². The molecule has 1 heterocycles. The summed E-state index contributed by atoms with van der Waals surface area (Å²) >= 11 is 8.84. The van der Waals surface area contributed by atoms with Crippen LogP contribution >= 0.6 is 43.2 Å². The molecule has 4 nitrogen and oxygen atoms in total. The number of nitrogens with zero attached hydrogens (tertiary/aromatic N) is 1. The molecule has 0 spiro atoms. The summed E-state index contributed by atoms with van der Waals surface area (Å²) in [4.78, 5) is 19.8. The number of aliphatic imine (C=N–C) groups is 1. The van der Waals surface area contributed by atoms with Gasteiger partial charge in [0.1, 0.15) is 17.4 Å². The Morgan fingerprint density at radius 3 is 2.39 bits per heavy atom. The molecule has 1 aromatic heterocycles. The molecular weight excluding hydrogens is 600 g/mol. The second-order valence-electron chi connectivity index (χ2n) is 9.10. The normalized spacial score (nSPS) is 13.7. The summed E-state index contributed by atoms with van der Waals surface area (Å²) in [7, 11) is 0. The highest BCUT2D eigenvalue weighted by Gasteiger charge is 2.24. The fourth-order valence-corrected chi connectivity index (χ4v) is 7.22. The third-order valence-electron chi connectivity index (χ3n) is 6.06. The zero-order valence-electron chi connectivity index (χ0n) is 20.6. The number of nitrogens with one attached hydrogen (secondary N) is 1. The van der Waals surface area contributed by atoms with Crippen molar-refractivity contribution in [1.82, 2.24) is 0 Å². The Labute approximate surface area is 234 Å². The molecule has 2 aromatic carbocycles. The van der Waals surface area contributed by atoms with Crippen molar-refractivity contribution in [2.24, 2.45) is 4.99 Å². The number of benzene rings is 2. The zero-order valence-corrected chi connectivity index (χ0v) is 24.6. The molecule has 188 valence electrons. The minimum Gasteiger partial charge on any atom is -0.487 e. The number of fused-ring (bicyclic) bond motifs is 1. The Bertz CT molecular complexity index is 1270. The standard InChI is InChI=1S/C29H30Br2N2O2S/c1-4-11-35-27-23(30)15-20(16-24(27)31)17-32-29-26(22-9-7-5-6-8-10-25(22)36-29)28(34)33-21-13-18(2)12-19(3)14-21/h4,12-17H,1,5-11H2,2-3H3,(H,33,34). The number of hydrogen-bond acceptors (Lipinski definition) is 4. The number of carbonyl (C=O) groups is 1. The van der Waals surface area contributed by atoms with Crippen molar-refractivity contribution in [3.63, 3.8) is 0 Å². The second kappa shape index (κ2) is 12.3. The summed E-state index contributed by atoms with van der Waals surface area (Å²) in [5.41, 5.74) is 5.87. The Morgan fingerprint density at radius 1 is 1.06 bits per heavy atom. The molecule has 0 aliphatic heterocycles. The van der Waals surface area contributed by atoms with Crippen molar-refractivity contribution < 1.29 is 9.53 Å². The molecule has 0 radical (unpaired) electrons. The van der Waals surface area contributed by atoms with Gasteiger partial charge in [-0.25, -0.2) is 4.99 Å². The van der Waals surface area contributed by atoms with Crippen LogP contribution in [-0.2, 0) is 12.8 Å². The first-order chi connectivity index (χ1) is 17.4. The lowest BCUT2D eigenvalue weighted by molar-refractivity contribution is 0.102. The molecule has 0 unspecified atom stereocenters. The Kier molecular flexibility index (Phi) is 9.20. The van der Waals surface area contributed by atoms with E-state index in [2.05, 4.69) is 49.8 Å². The largest absolute Gasteiger partial charge is 0.487 e. The number of carbonyl (C=O) groups excluding carboxylic acids is 1. The van der Waals surface area contributed by atoms with Gasteiger partial charge in [0.15, 0.2) is 0 Å². The molecule has 1 aliphatic carbocycles. The molecule has 1 aliphatic rings. The Balaban J connectivity index is 1.69. The van der Waals surface area contributed by atoms with E-state index in [4.69, 9.17) is 9.73 Å². The number of rotatable bonds is 7. The number of thiophene rings is 1. The summed E-state index contributed by atoms with van der Waals surface area (Å²) in [6.07, 6.45) is 10.1. The highest BCUT2D eigenvalue weighted by Crippen LogP contribution is 2.40. The van der Waals surface area contributed by atoms with Crippen LogP contribution < -0.4 is 10.1 Å². The van der Waals surface area contributed by atoms with Crippen LogP contribution in [0.25, 0.3) is 0 Å². The molecule has 0 atom stereocenters. The lowest BCUT2D eigenvalue weighted by Gasteiger charge is -2.12. The van der Waals surface area contributed by atoms with Crippen LogP contribution in [0.5, 0.6) is 5.75 Å². The molecule has 0 saturated carbocycles. The molecule has 1 amide bonds. The zero-order chi connectivity index (χ0) is 25.7. The number of aryl methyl sites for hydroxylation is 3. The number of amides is 1. The van der Waals surface area contributed by atoms with Gasteiger partial charge in [-0.2, -0.15) is 0 Å². The maximum atomic E-state index is 13.6. The quantitative estimate of drug-likeness (QED) is 0.209. The van der Waals surface area contributed by atoms with Crippen LogP contribution in [0.3, 0.4) is 0 Å². The van der Waals surface area contributed by atoms with E-state index in [-0.39, 0.29) is 5.91 Å². The first-order valence-electron chi connectivity index (χ1n) is 12.2.